The Balaban J connectivity index is 2.27. The van der Waals surface area contributed by atoms with Gasteiger partial charge in [-0.1, -0.05) is 18.5 Å². The van der Waals surface area contributed by atoms with Crippen LogP contribution >= 0.6 is 23.4 Å². The van der Waals surface area contributed by atoms with Gasteiger partial charge >= 0.3 is 0 Å². The van der Waals surface area contributed by atoms with Gasteiger partial charge in [0.1, 0.15) is 0 Å². The van der Waals surface area contributed by atoms with Gasteiger partial charge in [0.2, 0.25) is 0 Å². The van der Waals surface area contributed by atoms with Gasteiger partial charge in [0.15, 0.2) is 0 Å². The molecular weight excluding hydrogens is 230 g/mol. The molecule has 0 spiro atoms. The van der Waals surface area contributed by atoms with Gasteiger partial charge in [-0.05, 0) is 30.8 Å². The van der Waals surface area contributed by atoms with Gasteiger partial charge in [-0.2, -0.15) is 0 Å². The maximum absolute atomic E-state index is 9.59. The molecule has 1 rings (SSSR count). The Hall–Kier alpha value is -0.220. The van der Waals surface area contributed by atoms with Crippen molar-refractivity contribution in [3.05, 3.63) is 29.3 Å². The Kier molecular flexibility index (Phi) is 6.10. The van der Waals surface area contributed by atoms with Crippen molar-refractivity contribution < 1.29 is 5.11 Å². The molecule has 0 aliphatic heterocycles. The molecule has 2 nitrogen and oxygen atoms in total. The standard InChI is InChI=1S/C11H16ClNOS/c1-2-13-7-10(14)8-15-11-5-3-9(12)4-6-11/h3-6,10,13-14H,2,7-8H2,1H3. The third-order valence-corrected chi connectivity index (χ3v) is 3.29. The molecule has 1 aromatic carbocycles. The second kappa shape index (κ2) is 7.12. The lowest BCUT2D eigenvalue weighted by molar-refractivity contribution is 0.197. The van der Waals surface area contributed by atoms with E-state index in [2.05, 4.69) is 5.32 Å². The average molecular weight is 246 g/mol. The molecule has 0 aromatic heterocycles. The largest absolute Gasteiger partial charge is 0.391 e. The van der Waals surface area contributed by atoms with Crippen LogP contribution < -0.4 is 5.32 Å². The SMILES string of the molecule is CCNCC(O)CSc1ccc(Cl)cc1. The Morgan fingerprint density at radius 3 is 2.67 bits per heavy atom. The summed E-state index contributed by atoms with van der Waals surface area (Å²) in [7, 11) is 0. The molecule has 0 saturated heterocycles. The molecular formula is C11H16ClNOS. The zero-order valence-electron chi connectivity index (χ0n) is 8.74. The van der Waals surface area contributed by atoms with Crippen molar-refractivity contribution in [2.45, 2.75) is 17.9 Å². The number of rotatable bonds is 6. The summed E-state index contributed by atoms with van der Waals surface area (Å²) < 4.78 is 0. The molecule has 0 amide bonds. The van der Waals surface area contributed by atoms with E-state index in [9.17, 15) is 5.11 Å². The highest BCUT2D eigenvalue weighted by Crippen LogP contribution is 2.20. The molecule has 1 unspecified atom stereocenters. The summed E-state index contributed by atoms with van der Waals surface area (Å²) in [4.78, 5) is 1.13. The molecule has 0 aliphatic carbocycles. The highest BCUT2D eigenvalue weighted by Gasteiger charge is 2.03. The van der Waals surface area contributed by atoms with Crippen LogP contribution in [-0.2, 0) is 0 Å². The van der Waals surface area contributed by atoms with Crippen molar-refractivity contribution in [3.8, 4) is 0 Å². The topological polar surface area (TPSA) is 32.3 Å². The summed E-state index contributed by atoms with van der Waals surface area (Å²) in [5.41, 5.74) is 0. The third kappa shape index (κ3) is 5.42. The molecule has 0 radical (unpaired) electrons. The number of aliphatic hydroxyl groups is 1. The summed E-state index contributed by atoms with van der Waals surface area (Å²) >= 11 is 7.41. The van der Waals surface area contributed by atoms with Crippen molar-refractivity contribution >= 4 is 23.4 Å². The van der Waals surface area contributed by atoms with E-state index in [4.69, 9.17) is 11.6 Å². The van der Waals surface area contributed by atoms with Crippen LogP contribution in [0.2, 0.25) is 5.02 Å². The van der Waals surface area contributed by atoms with Gasteiger partial charge in [0.05, 0.1) is 6.10 Å². The van der Waals surface area contributed by atoms with Crippen molar-refractivity contribution in [2.75, 3.05) is 18.8 Å². The molecule has 0 fully saturated rings. The minimum absolute atomic E-state index is 0.300. The number of thioether (sulfide) groups is 1. The van der Waals surface area contributed by atoms with E-state index in [0.29, 0.717) is 12.3 Å². The van der Waals surface area contributed by atoms with Crippen molar-refractivity contribution in [1.82, 2.24) is 5.32 Å². The second-order valence-electron chi connectivity index (χ2n) is 3.23. The fraction of sp³-hybridized carbons (Fsp3) is 0.455. The average Bonchev–Trinajstić information content (AvgIpc) is 2.25. The highest BCUT2D eigenvalue weighted by atomic mass is 35.5. The van der Waals surface area contributed by atoms with Gasteiger partial charge in [0, 0.05) is 22.2 Å². The summed E-state index contributed by atoms with van der Waals surface area (Å²) in [5.74, 6) is 0.703. The number of benzene rings is 1. The molecule has 0 bridgehead atoms. The predicted molar refractivity (Wildman–Crippen MR) is 66.7 cm³/mol. The number of hydrogen-bond donors (Lipinski definition) is 2. The van der Waals surface area contributed by atoms with E-state index < -0.39 is 0 Å². The second-order valence-corrected chi connectivity index (χ2v) is 4.76. The van der Waals surface area contributed by atoms with Crippen molar-refractivity contribution in [2.24, 2.45) is 0 Å². The van der Waals surface area contributed by atoms with E-state index in [1.165, 1.54) is 0 Å². The number of hydrogen-bond acceptors (Lipinski definition) is 3. The Labute approximate surface area is 100 Å². The minimum atomic E-state index is -0.300. The van der Waals surface area contributed by atoms with Crippen molar-refractivity contribution in [1.29, 1.82) is 0 Å². The van der Waals surface area contributed by atoms with Gasteiger partial charge in [-0.25, -0.2) is 0 Å². The summed E-state index contributed by atoms with van der Waals surface area (Å²) in [6.45, 7) is 3.57. The van der Waals surface area contributed by atoms with Crippen LogP contribution in [0.3, 0.4) is 0 Å². The molecule has 2 N–H and O–H groups in total. The van der Waals surface area contributed by atoms with E-state index >= 15 is 0 Å². The molecule has 84 valence electrons. The van der Waals surface area contributed by atoms with Crippen LogP contribution in [0.25, 0.3) is 0 Å². The fourth-order valence-electron chi connectivity index (χ4n) is 1.09. The van der Waals surface area contributed by atoms with Gasteiger partial charge in [0.25, 0.3) is 0 Å². The lowest BCUT2D eigenvalue weighted by atomic mass is 10.4. The van der Waals surface area contributed by atoms with Gasteiger partial charge in [-0.3, -0.25) is 0 Å². The molecule has 0 heterocycles. The summed E-state index contributed by atoms with van der Waals surface area (Å²) in [6.07, 6.45) is -0.300. The molecule has 0 saturated carbocycles. The van der Waals surface area contributed by atoms with E-state index in [-0.39, 0.29) is 6.10 Å². The lowest BCUT2D eigenvalue weighted by Gasteiger charge is -2.10. The van der Waals surface area contributed by atoms with Crippen LogP contribution in [0.15, 0.2) is 29.2 Å². The van der Waals surface area contributed by atoms with Gasteiger partial charge < -0.3 is 10.4 Å². The van der Waals surface area contributed by atoms with E-state index in [1.807, 2.05) is 31.2 Å². The summed E-state index contributed by atoms with van der Waals surface area (Å²) in [6, 6.07) is 7.65. The zero-order valence-corrected chi connectivity index (χ0v) is 10.3. The fourth-order valence-corrected chi connectivity index (χ4v) is 2.05. The quantitative estimate of drug-likeness (QED) is 0.755. The Morgan fingerprint density at radius 2 is 2.07 bits per heavy atom. The number of aliphatic hydroxyl groups excluding tert-OH is 1. The minimum Gasteiger partial charge on any atom is -0.391 e. The maximum atomic E-state index is 9.59. The predicted octanol–water partition coefficient (Wildman–Crippen LogP) is 2.40. The highest BCUT2D eigenvalue weighted by molar-refractivity contribution is 7.99. The van der Waals surface area contributed by atoms with Crippen LogP contribution in [0.1, 0.15) is 6.92 Å². The van der Waals surface area contributed by atoms with Crippen molar-refractivity contribution in [3.63, 3.8) is 0 Å². The van der Waals surface area contributed by atoms with E-state index in [1.54, 1.807) is 11.8 Å². The van der Waals surface area contributed by atoms with Gasteiger partial charge in [-0.15, -0.1) is 11.8 Å². The first-order chi connectivity index (χ1) is 7.22. The molecule has 1 atom stereocenters. The van der Waals surface area contributed by atoms with E-state index in [0.717, 1.165) is 16.5 Å². The number of likely N-dealkylation sites (N-methyl/N-ethyl adjacent to an activating group) is 1. The third-order valence-electron chi connectivity index (χ3n) is 1.89. The number of halogens is 1. The number of nitrogens with one attached hydrogen (secondary N) is 1. The van der Waals surface area contributed by atoms with Crippen LogP contribution in [0.4, 0.5) is 0 Å². The summed E-state index contributed by atoms with van der Waals surface area (Å²) in [5, 5.41) is 13.4. The lowest BCUT2D eigenvalue weighted by Crippen LogP contribution is -2.28. The smallest absolute Gasteiger partial charge is 0.0758 e. The van der Waals surface area contributed by atoms with Crippen LogP contribution in [-0.4, -0.2) is 30.1 Å². The molecule has 0 aliphatic rings. The first-order valence-corrected chi connectivity index (χ1v) is 6.36. The zero-order chi connectivity index (χ0) is 11.1. The normalized spacial score (nSPS) is 12.7. The first-order valence-electron chi connectivity index (χ1n) is 4.99. The Bertz CT molecular complexity index is 278. The monoisotopic (exact) mass is 245 g/mol. The van der Waals surface area contributed by atoms with Crippen LogP contribution in [0, 0.1) is 0 Å². The maximum Gasteiger partial charge on any atom is 0.0758 e. The molecule has 15 heavy (non-hydrogen) atoms. The molecule has 4 heteroatoms. The molecule has 1 aromatic rings. The Morgan fingerprint density at radius 1 is 1.40 bits per heavy atom. The first kappa shape index (κ1) is 12.8. The van der Waals surface area contributed by atoms with Crippen LogP contribution in [0.5, 0.6) is 0 Å².